The van der Waals surface area contributed by atoms with E-state index in [1.807, 2.05) is 22.6 Å². The van der Waals surface area contributed by atoms with Crippen molar-refractivity contribution < 1.29 is 22.7 Å². The zero-order valence-electron chi connectivity index (χ0n) is 10.6. The molecule has 0 spiro atoms. The number of rotatable bonds is 4. The first-order valence-electron chi connectivity index (χ1n) is 5.52. The molecule has 0 radical (unpaired) electrons. The highest BCUT2D eigenvalue weighted by molar-refractivity contribution is 14.1. The fourth-order valence-electron chi connectivity index (χ4n) is 1.61. The maximum absolute atomic E-state index is 12.3. The van der Waals surface area contributed by atoms with Gasteiger partial charge in [-0.3, -0.25) is 4.72 Å². The fourth-order valence-corrected chi connectivity index (χ4v) is 4.06. The summed E-state index contributed by atoms with van der Waals surface area (Å²) >= 11 is 7.75. The SMILES string of the molecule is Cc1oc(C(=O)O)cc1S(=O)(=O)Nc1ccc(Cl)cc1I. The monoisotopic (exact) mass is 441 g/mol. The minimum Gasteiger partial charge on any atom is -0.475 e. The van der Waals surface area contributed by atoms with Crippen LogP contribution in [0.3, 0.4) is 0 Å². The van der Waals surface area contributed by atoms with Gasteiger partial charge in [0.05, 0.1) is 5.69 Å². The first-order valence-corrected chi connectivity index (χ1v) is 8.46. The van der Waals surface area contributed by atoms with Gasteiger partial charge in [-0.05, 0) is 47.7 Å². The Labute approximate surface area is 139 Å². The third kappa shape index (κ3) is 3.50. The molecule has 0 saturated heterocycles. The van der Waals surface area contributed by atoms with E-state index < -0.39 is 21.8 Å². The van der Waals surface area contributed by atoms with Gasteiger partial charge in [0.15, 0.2) is 0 Å². The normalized spacial score (nSPS) is 11.4. The molecule has 0 unspecified atom stereocenters. The third-order valence-electron chi connectivity index (χ3n) is 2.55. The van der Waals surface area contributed by atoms with Crippen LogP contribution in [0.2, 0.25) is 5.02 Å². The zero-order chi connectivity index (χ0) is 15.8. The van der Waals surface area contributed by atoms with Crippen molar-refractivity contribution in [2.75, 3.05) is 4.72 Å². The van der Waals surface area contributed by atoms with Crippen LogP contribution in [0.4, 0.5) is 5.69 Å². The molecule has 21 heavy (non-hydrogen) atoms. The Hall–Kier alpha value is -1.26. The molecule has 2 aromatic rings. The second-order valence-corrected chi connectivity index (χ2v) is 7.32. The van der Waals surface area contributed by atoms with E-state index in [1.54, 1.807) is 12.1 Å². The molecule has 1 aromatic carbocycles. The lowest BCUT2D eigenvalue weighted by Gasteiger charge is -2.09. The Balaban J connectivity index is 2.41. The first kappa shape index (κ1) is 16.1. The molecule has 0 fully saturated rings. The number of aromatic carboxylic acids is 1. The van der Waals surface area contributed by atoms with Crippen LogP contribution in [0, 0.1) is 10.5 Å². The summed E-state index contributed by atoms with van der Waals surface area (Å²) in [5, 5.41) is 9.31. The Morgan fingerprint density at radius 2 is 2.05 bits per heavy atom. The van der Waals surface area contributed by atoms with E-state index in [2.05, 4.69) is 4.72 Å². The molecule has 1 aromatic heterocycles. The van der Waals surface area contributed by atoms with E-state index >= 15 is 0 Å². The van der Waals surface area contributed by atoms with E-state index in [0.29, 0.717) is 14.3 Å². The van der Waals surface area contributed by atoms with Crippen LogP contribution in [0.15, 0.2) is 33.6 Å². The van der Waals surface area contributed by atoms with Crippen LogP contribution in [0.5, 0.6) is 0 Å². The number of halogens is 2. The highest BCUT2D eigenvalue weighted by Gasteiger charge is 2.24. The molecule has 0 aliphatic heterocycles. The number of carboxylic acids is 1. The highest BCUT2D eigenvalue weighted by atomic mass is 127. The van der Waals surface area contributed by atoms with Gasteiger partial charge in [-0.15, -0.1) is 0 Å². The molecule has 1 heterocycles. The fraction of sp³-hybridized carbons (Fsp3) is 0.0833. The molecule has 6 nitrogen and oxygen atoms in total. The number of anilines is 1. The Kier molecular flexibility index (Phi) is 4.49. The van der Waals surface area contributed by atoms with Crippen molar-refractivity contribution in [2.45, 2.75) is 11.8 Å². The predicted molar refractivity (Wildman–Crippen MR) is 85.4 cm³/mol. The molecule has 0 atom stereocenters. The van der Waals surface area contributed by atoms with Gasteiger partial charge in [-0.2, -0.15) is 0 Å². The summed E-state index contributed by atoms with van der Waals surface area (Å²) in [5.41, 5.74) is 0.345. The smallest absolute Gasteiger partial charge is 0.371 e. The Morgan fingerprint density at radius 3 is 2.57 bits per heavy atom. The number of benzene rings is 1. The van der Waals surface area contributed by atoms with Gasteiger partial charge in [-0.1, -0.05) is 11.6 Å². The molecule has 0 aliphatic rings. The summed E-state index contributed by atoms with van der Waals surface area (Å²) in [6.45, 7) is 1.38. The Bertz CT molecular complexity index is 815. The molecule has 9 heteroatoms. The van der Waals surface area contributed by atoms with Crippen LogP contribution < -0.4 is 4.72 Å². The third-order valence-corrected chi connectivity index (χ3v) is 5.15. The lowest BCUT2D eigenvalue weighted by molar-refractivity contribution is 0.0661. The van der Waals surface area contributed by atoms with Crippen LogP contribution in [-0.4, -0.2) is 19.5 Å². The van der Waals surface area contributed by atoms with Gasteiger partial charge in [0.25, 0.3) is 10.0 Å². The lowest BCUT2D eigenvalue weighted by atomic mass is 10.3. The van der Waals surface area contributed by atoms with Crippen LogP contribution in [-0.2, 0) is 10.0 Å². The van der Waals surface area contributed by atoms with E-state index in [-0.39, 0.29) is 10.7 Å². The average Bonchev–Trinajstić information content (AvgIpc) is 2.76. The molecular formula is C12H9ClINO5S. The molecule has 0 bridgehead atoms. The van der Waals surface area contributed by atoms with Crippen LogP contribution in [0.25, 0.3) is 0 Å². The maximum Gasteiger partial charge on any atom is 0.371 e. The molecular weight excluding hydrogens is 433 g/mol. The molecule has 2 rings (SSSR count). The van der Waals surface area contributed by atoms with Gasteiger partial charge in [-0.25, -0.2) is 13.2 Å². The van der Waals surface area contributed by atoms with Gasteiger partial charge in [0.2, 0.25) is 5.76 Å². The zero-order valence-corrected chi connectivity index (χ0v) is 14.3. The molecule has 112 valence electrons. The number of nitrogens with one attached hydrogen (secondary N) is 1. The minimum atomic E-state index is -3.95. The first-order chi connectivity index (χ1) is 9.70. The van der Waals surface area contributed by atoms with Crippen molar-refractivity contribution in [1.82, 2.24) is 0 Å². The van der Waals surface area contributed by atoms with Crippen molar-refractivity contribution in [3.63, 3.8) is 0 Å². The molecule has 0 amide bonds. The minimum absolute atomic E-state index is 0.00358. The summed E-state index contributed by atoms with van der Waals surface area (Å²) in [6.07, 6.45) is 0. The lowest BCUT2D eigenvalue weighted by Crippen LogP contribution is -2.14. The van der Waals surface area contributed by atoms with Crippen molar-refractivity contribution in [3.8, 4) is 0 Å². The van der Waals surface area contributed by atoms with Gasteiger partial charge >= 0.3 is 5.97 Å². The number of hydrogen-bond acceptors (Lipinski definition) is 4. The summed E-state index contributed by atoms with van der Waals surface area (Å²) in [4.78, 5) is 10.6. The number of carbonyl (C=O) groups is 1. The van der Waals surface area contributed by atoms with E-state index in [0.717, 1.165) is 6.07 Å². The summed E-state index contributed by atoms with van der Waals surface area (Å²) in [6, 6.07) is 5.65. The highest BCUT2D eigenvalue weighted by Crippen LogP contribution is 2.27. The predicted octanol–water partition coefficient (Wildman–Crippen LogP) is 3.35. The number of hydrogen-bond donors (Lipinski definition) is 2. The second-order valence-electron chi connectivity index (χ2n) is 4.07. The van der Waals surface area contributed by atoms with E-state index in [4.69, 9.17) is 21.1 Å². The van der Waals surface area contributed by atoms with Crippen molar-refractivity contribution in [1.29, 1.82) is 0 Å². The number of furan rings is 1. The molecule has 0 saturated carbocycles. The van der Waals surface area contributed by atoms with Gasteiger partial charge in [0, 0.05) is 14.7 Å². The molecule has 2 N–H and O–H groups in total. The van der Waals surface area contributed by atoms with Crippen molar-refractivity contribution >= 4 is 55.9 Å². The summed E-state index contributed by atoms with van der Waals surface area (Å²) in [7, 11) is -3.95. The van der Waals surface area contributed by atoms with Crippen LogP contribution >= 0.6 is 34.2 Å². The van der Waals surface area contributed by atoms with Crippen LogP contribution in [0.1, 0.15) is 16.3 Å². The largest absolute Gasteiger partial charge is 0.475 e. The quantitative estimate of drug-likeness (QED) is 0.709. The summed E-state index contributed by atoms with van der Waals surface area (Å²) < 4.78 is 32.5. The molecule has 0 aliphatic carbocycles. The van der Waals surface area contributed by atoms with Gasteiger partial charge < -0.3 is 9.52 Å². The van der Waals surface area contributed by atoms with Crippen molar-refractivity contribution in [3.05, 3.63) is 44.4 Å². The second kappa shape index (κ2) is 5.85. The number of sulfonamides is 1. The topological polar surface area (TPSA) is 96.6 Å². The van der Waals surface area contributed by atoms with E-state index in [1.165, 1.54) is 13.0 Å². The maximum atomic E-state index is 12.3. The van der Waals surface area contributed by atoms with Crippen molar-refractivity contribution in [2.24, 2.45) is 0 Å². The average molecular weight is 442 g/mol. The van der Waals surface area contributed by atoms with Gasteiger partial charge in [0.1, 0.15) is 10.7 Å². The van der Waals surface area contributed by atoms with E-state index in [9.17, 15) is 13.2 Å². The standard InChI is InChI=1S/C12H9ClINO5S/c1-6-11(5-10(20-6)12(16)17)21(18,19)15-9-3-2-7(13)4-8(9)14/h2-5,15H,1H3,(H,16,17). The summed E-state index contributed by atoms with van der Waals surface area (Å²) in [5.74, 6) is -1.76. The number of carboxylic acid groups (broad SMARTS) is 1. The number of aryl methyl sites for hydroxylation is 1. The Morgan fingerprint density at radius 1 is 1.38 bits per heavy atom.